The number of nitrogens with zero attached hydrogens (tertiary/aromatic N) is 6. The normalized spacial score (nSPS) is 14.0. The van der Waals surface area contributed by atoms with Crippen molar-refractivity contribution in [3.05, 3.63) is 78.0 Å². The molecule has 43 heavy (non-hydrogen) atoms. The molecule has 0 aliphatic carbocycles. The number of rotatable bonds is 3. The molecule has 10 nitrogen and oxygen atoms in total. The summed E-state index contributed by atoms with van der Waals surface area (Å²) in [5.74, 6) is -0.510. The van der Waals surface area contributed by atoms with Crippen LogP contribution >= 0.6 is 0 Å². The molecular formula is C32H32FN7O3. The van der Waals surface area contributed by atoms with Crippen molar-refractivity contribution in [1.82, 2.24) is 29.2 Å². The minimum Gasteiger partial charge on any atom is -0.444 e. The fourth-order valence-electron chi connectivity index (χ4n) is 5.27. The molecule has 5 aromatic rings. The molecule has 1 fully saturated rings. The maximum absolute atomic E-state index is 13.8. The number of aryl methyl sites for hydroxylation is 1. The third-order valence-corrected chi connectivity index (χ3v) is 7.42. The van der Waals surface area contributed by atoms with Gasteiger partial charge in [-0.05, 0) is 75.7 Å². The summed E-state index contributed by atoms with van der Waals surface area (Å²) < 4.78 is 21.1. The second kappa shape index (κ2) is 10.6. The minimum atomic E-state index is -0.598. The first kappa shape index (κ1) is 28.1. The summed E-state index contributed by atoms with van der Waals surface area (Å²) in [5.41, 5.74) is 10.9. The Bertz CT molecular complexity index is 1870. The molecule has 220 valence electrons. The minimum absolute atomic E-state index is 0.135. The number of benzene rings is 2. The Balaban J connectivity index is 1.41. The van der Waals surface area contributed by atoms with E-state index < -0.39 is 11.7 Å². The van der Waals surface area contributed by atoms with Crippen molar-refractivity contribution in [1.29, 1.82) is 0 Å². The number of pyridine rings is 1. The first-order chi connectivity index (χ1) is 20.5. The van der Waals surface area contributed by atoms with Crippen LogP contribution in [0.25, 0.3) is 39.1 Å². The summed E-state index contributed by atoms with van der Waals surface area (Å²) in [6.45, 7) is 8.85. The van der Waals surface area contributed by atoms with Crippen LogP contribution in [0, 0.1) is 12.7 Å². The van der Waals surface area contributed by atoms with Gasteiger partial charge in [-0.1, -0.05) is 6.07 Å². The molecule has 1 aliphatic rings. The number of piperazine rings is 1. The number of hydrogen-bond donors (Lipinski definition) is 1. The van der Waals surface area contributed by atoms with Gasteiger partial charge in [-0.15, -0.1) is 0 Å². The van der Waals surface area contributed by atoms with Gasteiger partial charge in [0.05, 0.1) is 16.9 Å². The number of carbonyl (C=O) groups is 2. The molecule has 2 amide bonds. The quantitative estimate of drug-likeness (QED) is 0.306. The molecular weight excluding hydrogens is 549 g/mol. The molecule has 0 bridgehead atoms. The molecule has 3 aromatic heterocycles. The number of hydrogen-bond acceptors (Lipinski definition) is 7. The van der Waals surface area contributed by atoms with Crippen molar-refractivity contribution in [3.63, 3.8) is 0 Å². The fraction of sp³-hybridized carbons (Fsp3) is 0.281. The molecule has 4 heterocycles. The number of fused-ring (bicyclic) bond motifs is 2. The first-order valence-electron chi connectivity index (χ1n) is 14.1. The van der Waals surface area contributed by atoms with Crippen LogP contribution in [0.3, 0.4) is 0 Å². The van der Waals surface area contributed by atoms with Gasteiger partial charge in [-0.2, -0.15) is 0 Å². The van der Waals surface area contributed by atoms with Crippen molar-refractivity contribution in [2.24, 2.45) is 0 Å². The lowest BCUT2D eigenvalue weighted by atomic mass is 10.0. The van der Waals surface area contributed by atoms with Gasteiger partial charge in [0.25, 0.3) is 5.91 Å². The third kappa shape index (κ3) is 5.45. The van der Waals surface area contributed by atoms with Gasteiger partial charge in [-0.3, -0.25) is 14.2 Å². The molecule has 1 aliphatic heterocycles. The molecule has 0 unspecified atom stereocenters. The lowest BCUT2D eigenvalue weighted by Gasteiger charge is -2.35. The van der Waals surface area contributed by atoms with Crippen LogP contribution < -0.4 is 5.73 Å². The average Bonchev–Trinajstić information content (AvgIpc) is 3.43. The highest BCUT2D eigenvalue weighted by atomic mass is 19.1. The molecule has 6 rings (SSSR count). The average molecular weight is 582 g/mol. The van der Waals surface area contributed by atoms with E-state index in [2.05, 4.69) is 9.97 Å². The van der Waals surface area contributed by atoms with Crippen LogP contribution in [-0.4, -0.2) is 72.9 Å². The predicted molar refractivity (Wildman–Crippen MR) is 162 cm³/mol. The lowest BCUT2D eigenvalue weighted by molar-refractivity contribution is 0.0140. The van der Waals surface area contributed by atoms with Crippen LogP contribution in [0.1, 0.15) is 36.8 Å². The summed E-state index contributed by atoms with van der Waals surface area (Å²) in [6.07, 6.45) is 3.04. The Hall–Kier alpha value is -5.06. The van der Waals surface area contributed by atoms with Crippen LogP contribution in [0.2, 0.25) is 0 Å². The van der Waals surface area contributed by atoms with E-state index in [4.69, 9.17) is 15.5 Å². The van der Waals surface area contributed by atoms with Crippen molar-refractivity contribution < 1.29 is 18.7 Å². The molecule has 0 atom stereocenters. The largest absolute Gasteiger partial charge is 0.444 e. The maximum Gasteiger partial charge on any atom is 0.410 e. The number of halogens is 1. The Morgan fingerprint density at radius 3 is 2.30 bits per heavy atom. The summed E-state index contributed by atoms with van der Waals surface area (Å²) in [5, 5.41) is 0.967. The smallest absolute Gasteiger partial charge is 0.410 e. The van der Waals surface area contributed by atoms with Crippen LogP contribution in [-0.2, 0) is 4.74 Å². The van der Waals surface area contributed by atoms with Gasteiger partial charge in [0.2, 0.25) is 0 Å². The van der Waals surface area contributed by atoms with Gasteiger partial charge >= 0.3 is 6.09 Å². The molecule has 2 aromatic carbocycles. The van der Waals surface area contributed by atoms with Crippen molar-refractivity contribution in [3.8, 4) is 22.5 Å². The van der Waals surface area contributed by atoms with Crippen LogP contribution in [0.5, 0.6) is 0 Å². The monoisotopic (exact) mass is 581 g/mol. The van der Waals surface area contributed by atoms with E-state index >= 15 is 0 Å². The number of anilines is 1. The van der Waals surface area contributed by atoms with Gasteiger partial charge in [-0.25, -0.2) is 19.2 Å². The van der Waals surface area contributed by atoms with Crippen molar-refractivity contribution in [2.45, 2.75) is 33.3 Å². The zero-order valence-electron chi connectivity index (χ0n) is 24.5. The van der Waals surface area contributed by atoms with Gasteiger partial charge < -0.3 is 20.3 Å². The van der Waals surface area contributed by atoms with Crippen LogP contribution in [0.15, 0.2) is 60.9 Å². The Morgan fingerprint density at radius 1 is 0.930 bits per heavy atom. The number of carbonyl (C=O) groups excluding carboxylic acids is 2. The summed E-state index contributed by atoms with van der Waals surface area (Å²) in [4.78, 5) is 43.2. The standard InChI is InChI=1S/C32H32FN7O3/c1-19-11-12-35-24-10-7-21(17-23(19)24)27-26(20-5-8-22(33)9-6-20)37-28(34)29-36-25(18-40(27)29)30(41)38-13-15-39(16-14-38)31(42)43-32(2,3)4/h5-12,17-18H,13-16H2,1-4H3,(H2,34,37). The Morgan fingerprint density at radius 2 is 1.60 bits per heavy atom. The SMILES string of the molecule is Cc1ccnc2ccc(-c3c(-c4ccc(F)cc4)nc(N)c4nc(C(=O)N5CCN(C(=O)OC(C)(C)C)CC5)cn34)cc12. The summed E-state index contributed by atoms with van der Waals surface area (Å²) in [7, 11) is 0. The second-order valence-corrected chi connectivity index (χ2v) is 11.6. The molecule has 11 heteroatoms. The number of nitrogens with two attached hydrogens (primary N) is 1. The zero-order chi connectivity index (χ0) is 30.5. The fourth-order valence-corrected chi connectivity index (χ4v) is 5.27. The van der Waals surface area contributed by atoms with E-state index in [1.54, 1.807) is 38.7 Å². The molecule has 2 N–H and O–H groups in total. The van der Waals surface area contributed by atoms with E-state index in [-0.39, 0.29) is 23.2 Å². The zero-order valence-corrected chi connectivity index (χ0v) is 24.5. The second-order valence-electron chi connectivity index (χ2n) is 11.6. The first-order valence-corrected chi connectivity index (χ1v) is 14.1. The topological polar surface area (TPSA) is 119 Å². The number of aromatic nitrogens is 4. The van der Waals surface area contributed by atoms with Crippen molar-refractivity contribution >= 4 is 34.4 Å². The Kier molecular flexibility index (Phi) is 6.95. The van der Waals surface area contributed by atoms with E-state index in [0.29, 0.717) is 48.8 Å². The highest BCUT2D eigenvalue weighted by Gasteiger charge is 2.30. The molecule has 1 saturated heterocycles. The lowest BCUT2D eigenvalue weighted by Crippen LogP contribution is -2.51. The maximum atomic E-state index is 13.8. The van der Waals surface area contributed by atoms with E-state index in [1.165, 1.54) is 12.1 Å². The van der Waals surface area contributed by atoms with E-state index in [0.717, 1.165) is 22.0 Å². The molecule has 0 radical (unpaired) electrons. The third-order valence-electron chi connectivity index (χ3n) is 7.42. The van der Waals surface area contributed by atoms with Gasteiger partial charge in [0.15, 0.2) is 11.5 Å². The predicted octanol–water partition coefficient (Wildman–Crippen LogP) is 5.33. The molecule has 0 spiro atoms. The molecule has 0 saturated carbocycles. The van der Waals surface area contributed by atoms with Gasteiger partial charge in [0.1, 0.15) is 17.1 Å². The number of amides is 2. The van der Waals surface area contributed by atoms with Crippen molar-refractivity contribution in [2.75, 3.05) is 31.9 Å². The number of ether oxygens (including phenoxy) is 1. The highest BCUT2D eigenvalue weighted by molar-refractivity contribution is 5.95. The van der Waals surface area contributed by atoms with Gasteiger partial charge in [0, 0.05) is 55.1 Å². The van der Waals surface area contributed by atoms with E-state index in [1.807, 2.05) is 52.0 Å². The summed E-state index contributed by atoms with van der Waals surface area (Å²) >= 11 is 0. The van der Waals surface area contributed by atoms with Crippen LogP contribution in [0.4, 0.5) is 15.0 Å². The number of imidazole rings is 1. The Labute approximate surface area is 247 Å². The van der Waals surface area contributed by atoms with E-state index in [9.17, 15) is 14.0 Å². The summed E-state index contributed by atoms with van der Waals surface area (Å²) in [6, 6.07) is 13.9. The highest BCUT2D eigenvalue weighted by Crippen LogP contribution is 2.35. The number of nitrogen functional groups attached to an aromatic ring is 1.